The third-order valence-corrected chi connectivity index (χ3v) is 15.7. The van der Waals surface area contributed by atoms with E-state index in [0.29, 0.717) is 37.3 Å². The average molecular weight is 645 g/mol. The van der Waals surface area contributed by atoms with Crippen LogP contribution in [0.25, 0.3) is 0 Å². The van der Waals surface area contributed by atoms with Gasteiger partial charge in [-0.15, -0.1) is 0 Å². The number of amides is 2. The topological polar surface area (TPSA) is 126 Å². The van der Waals surface area contributed by atoms with Crippen LogP contribution < -0.4 is 10.6 Å². The lowest BCUT2D eigenvalue weighted by molar-refractivity contribution is -0.215. The van der Waals surface area contributed by atoms with E-state index < -0.39 is 29.9 Å². The second-order valence-corrected chi connectivity index (χ2v) is 18.3. The van der Waals surface area contributed by atoms with Crippen LogP contribution in [0.15, 0.2) is 0 Å². The van der Waals surface area contributed by atoms with Crippen LogP contribution in [-0.2, 0) is 19.0 Å². The van der Waals surface area contributed by atoms with E-state index in [0.717, 1.165) is 38.5 Å². The molecule has 0 aromatic rings. The first-order valence-corrected chi connectivity index (χ1v) is 18.4. The van der Waals surface area contributed by atoms with Gasteiger partial charge in [-0.1, -0.05) is 34.6 Å². The molecule has 260 valence electrons. The van der Waals surface area contributed by atoms with Gasteiger partial charge in [0, 0.05) is 24.0 Å². The smallest absolute Gasteiger partial charge is 0.408 e. The molecule has 0 unspecified atom stereocenters. The molecule has 5 aliphatic carbocycles. The number of carbonyl (C=O) groups is 2. The number of rotatable bonds is 6. The predicted octanol–water partition coefficient (Wildman–Crippen LogP) is 4.96. The van der Waals surface area contributed by atoms with Crippen molar-refractivity contribution in [2.45, 2.75) is 155 Å². The van der Waals surface area contributed by atoms with Gasteiger partial charge in [-0.25, -0.2) is 4.79 Å². The lowest BCUT2D eigenvalue weighted by Gasteiger charge is -2.63. The van der Waals surface area contributed by atoms with Gasteiger partial charge in [-0.3, -0.25) is 4.79 Å². The molecule has 2 aliphatic heterocycles. The molecule has 0 bridgehead atoms. The Labute approximate surface area is 275 Å². The summed E-state index contributed by atoms with van der Waals surface area (Å²) in [6, 6.07) is -0.506. The number of hydrogen-bond donors (Lipinski definition) is 4. The molecule has 2 heterocycles. The van der Waals surface area contributed by atoms with Crippen LogP contribution in [0, 0.1) is 50.7 Å². The van der Waals surface area contributed by atoms with Gasteiger partial charge >= 0.3 is 6.09 Å². The Hall–Kier alpha value is -1.42. The Morgan fingerprint density at radius 1 is 1.09 bits per heavy atom. The summed E-state index contributed by atoms with van der Waals surface area (Å²) >= 11 is 0. The van der Waals surface area contributed by atoms with Crippen molar-refractivity contribution in [1.82, 2.24) is 10.6 Å². The molecule has 2 spiro atoms. The van der Waals surface area contributed by atoms with Crippen molar-refractivity contribution in [2.75, 3.05) is 13.2 Å². The maximum Gasteiger partial charge on any atom is 0.408 e. The molecule has 4 N–H and O–H groups in total. The quantitative estimate of drug-likeness (QED) is 0.322. The average Bonchev–Trinajstić information content (AvgIpc) is 3.41. The Morgan fingerprint density at radius 3 is 2.43 bits per heavy atom. The summed E-state index contributed by atoms with van der Waals surface area (Å²) in [4.78, 5) is 25.0. The lowest BCUT2D eigenvalue weighted by Crippen LogP contribution is -2.60. The normalized spacial score (nSPS) is 51.0. The zero-order chi connectivity index (χ0) is 33.2. The standard InChI is InChI=1S/C37H60N2O7/c1-9-44-29(33(5,6)43)22-18-20(2)26-27(45-22)28(40)35(8)24-11-10-23-32(3,4)25(46-31(42)39-21-13-17-38-30(21)41)12-14-36(23)19-37(24,36)16-15-34(26,35)7/h20-29,40,43H,9-19H2,1-8H3,(H,38,41)(H,39,42)/t20-,21+,22-,23+,24+,25+,26+,27+,28+,29+,34-,35-,36-,37+/m1/s1. The van der Waals surface area contributed by atoms with E-state index in [4.69, 9.17) is 14.2 Å². The van der Waals surface area contributed by atoms with Crippen LogP contribution in [0.2, 0.25) is 0 Å². The zero-order valence-corrected chi connectivity index (χ0v) is 29.5. The first-order chi connectivity index (χ1) is 21.5. The number of fused-ring (bicyclic) bond motifs is 4. The molecule has 9 nitrogen and oxygen atoms in total. The van der Waals surface area contributed by atoms with Crippen molar-refractivity contribution >= 4 is 12.0 Å². The van der Waals surface area contributed by atoms with E-state index in [2.05, 4.69) is 45.3 Å². The zero-order valence-electron chi connectivity index (χ0n) is 29.5. The SMILES string of the molecule is CCO[C@@H]([C@H]1C[C@@H](C)[C@H]2[C@H](O1)[C@H](O)[C@@]1(C)[C@@H]3CC[C@H]4C(C)(C)[C@@H](OC(=O)N[C@H]5CCNC5=O)CC[C@@]45C[C@@]35CC[C@]21C)C(C)(C)O. The third kappa shape index (κ3) is 4.25. The van der Waals surface area contributed by atoms with Crippen LogP contribution in [-0.4, -0.2) is 77.5 Å². The Balaban J connectivity index is 1.12. The third-order valence-electron chi connectivity index (χ3n) is 15.7. The minimum absolute atomic E-state index is 0.0374. The van der Waals surface area contributed by atoms with E-state index in [1.807, 2.05) is 6.92 Å². The molecule has 2 saturated heterocycles. The molecular weight excluding hydrogens is 584 g/mol. The van der Waals surface area contributed by atoms with Gasteiger partial charge < -0.3 is 35.1 Å². The van der Waals surface area contributed by atoms with Crippen LogP contribution in [0.5, 0.6) is 0 Å². The van der Waals surface area contributed by atoms with Crippen LogP contribution in [0.1, 0.15) is 113 Å². The number of hydrogen-bond acceptors (Lipinski definition) is 7. The van der Waals surface area contributed by atoms with E-state index in [9.17, 15) is 19.8 Å². The first-order valence-electron chi connectivity index (χ1n) is 18.4. The van der Waals surface area contributed by atoms with Crippen LogP contribution in [0.4, 0.5) is 4.79 Å². The van der Waals surface area contributed by atoms with E-state index in [1.165, 1.54) is 12.8 Å². The number of ether oxygens (including phenoxy) is 3. The highest BCUT2D eigenvalue weighted by Gasteiger charge is 2.84. The molecule has 46 heavy (non-hydrogen) atoms. The van der Waals surface area contributed by atoms with Crippen molar-refractivity contribution in [1.29, 1.82) is 0 Å². The lowest BCUT2D eigenvalue weighted by atomic mass is 9.41. The maximum absolute atomic E-state index is 12.9. The van der Waals surface area contributed by atoms with Gasteiger partial charge in [0.2, 0.25) is 5.91 Å². The largest absolute Gasteiger partial charge is 0.446 e. The van der Waals surface area contributed by atoms with Gasteiger partial charge in [-0.2, -0.15) is 0 Å². The summed E-state index contributed by atoms with van der Waals surface area (Å²) in [5, 5.41) is 29.1. The molecule has 2 amide bonds. The van der Waals surface area contributed by atoms with Crippen LogP contribution >= 0.6 is 0 Å². The van der Waals surface area contributed by atoms with Crippen molar-refractivity contribution in [3.8, 4) is 0 Å². The highest BCUT2D eigenvalue weighted by molar-refractivity contribution is 5.87. The minimum atomic E-state index is -1.04. The molecular formula is C37H60N2O7. The predicted molar refractivity (Wildman–Crippen MR) is 173 cm³/mol. The molecule has 9 heteroatoms. The highest BCUT2D eigenvalue weighted by atomic mass is 16.6. The Bertz CT molecular complexity index is 1250. The summed E-state index contributed by atoms with van der Waals surface area (Å²) in [7, 11) is 0. The highest BCUT2D eigenvalue weighted by Crippen LogP contribution is 2.89. The van der Waals surface area contributed by atoms with Crippen LogP contribution in [0.3, 0.4) is 0 Å². The number of carbonyl (C=O) groups excluding carboxylic acids is 2. The summed E-state index contributed by atoms with van der Waals surface area (Å²) in [6.45, 7) is 18.5. The van der Waals surface area contributed by atoms with Gasteiger partial charge in [0.1, 0.15) is 18.2 Å². The summed E-state index contributed by atoms with van der Waals surface area (Å²) in [5.74, 6) is 1.34. The second-order valence-electron chi connectivity index (χ2n) is 18.3. The first kappa shape index (κ1) is 33.1. The number of aliphatic hydroxyl groups is 2. The Kier molecular flexibility index (Phi) is 7.58. The fraction of sp³-hybridized carbons (Fsp3) is 0.946. The molecule has 0 aromatic heterocycles. The second kappa shape index (κ2) is 10.5. The van der Waals surface area contributed by atoms with E-state index in [-0.39, 0.29) is 57.2 Å². The molecule has 5 saturated carbocycles. The van der Waals surface area contributed by atoms with Gasteiger partial charge in [0.25, 0.3) is 0 Å². The van der Waals surface area contributed by atoms with Gasteiger partial charge in [-0.05, 0) is 118 Å². The number of aliphatic hydroxyl groups excluding tert-OH is 1. The van der Waals surface area contributed by atoms with Gasteiger partial charge in [0.05, 0.1) is 23.9 Å². The van der Waals surface area contributed by atoms with E-state index in [1.54, 1.807) is 13.8 Å². The molecule has 0 radical (unpaired) electrons. The molecule has 0 aromatic carbocycles. The van der Waals surface area contributed by atoms with Crippen molar-refractivity contribution in [3.05, 3.63) is 0 Å². The molecule has 7 aliphatic rings. The van der Waals surface area contributed by atoms with Gasteiger partial charge in [0.15, 0.2) is 0 Å². The number of nitrogens with one attached hydrogen (secondary N) is 2. The minimum Gasteiger partial charge on any atom is -0.446 e. The summed E-state index contributed by atoms with van der Waals surface area (Å²) in [6.07, 6.45) is 6.74. The fourth-order valence-corrected chi connectivity index (χ4v) is 13.7. The van der Waals surface area contributed by atoms with Crippen molar-refractivity contribution in [3.63, 3.8) is 0 Å². The maximum atomic E-state index is 12.9. The van der Waals surface area contributed by atoms with Crippen molar-refractivity contribution in [2.24, 2.45) is 50.7 Å². The molecule has 14 atom stereocenters. The fourth-order valence-electron chi connectivity index (χ4n) is 13.7. The van der Waals surface area contributed by atoms with E-state index >= 15 is 0 Å². The summed E-state index contributed by atoms with van der Waals surface area (Å²) < 4.78 is 19.1. The number of alkyl carbamates (subject to hydrolysis) is 1. The van der Waals surface area contributed by atoms with Crippen molar-refractivity contribution < 1.29 is 34.0 Å². The summed E-state index contributed by atoms with van der Waals surface area (Å²) in [5.41, 5.74) is -1.11. The Morgan fingerprint density at radius 2 is 1.78 bits per heavy atom. The molecule has 7 fully saturated rings. The molecule has 7 rings (SSSR count). The monoisotopic (exact) mass is 644 g/mol.